The fourth-order valence-corrected chi connectivity index (χ4v) is 1.27. The van der Waals surface area contributed by atoms with Gasteiger partial charge in [-0.15, -0.1) is 0 Å². The lowest BCUT2D eigenvalue weighted by molar-refractivity contribution is -0.00316. The van der Waals surface area contributed by atoms with E-state index in [0.717, 1.165) is 5.56 Å². The number of hydrogen-bond donors (Lipinski definition) is 1. The molecule has 1 N–H and O–H groups in total. The van der Waals surface area contributed by atoms with Crippen LogP contribution >= 0.6 is 0 Å². The lowest BCUT2D eigenvalue weighted by atomic mass is 10.0. The number of aliphatic hydroxyl groups is 1. The third kappa shape index (κ3) is 2.30. The molecule has 0 heterocycles. The molecule has 1 rings (SSSR count). The Morgan fingerprint density at radius 1 is 1.43 bits per heavy atom. The van der Waals surface area contributed by atoms with Crippen molar-refractivity contribution in [2.24, 2.45) is 0 Å². The number of benzene rings is 1. The molecule has 0 aliphatic heterocycles. The van der Waals surface area contributed by atoms with Gasteiger partial charge in [-0.1, -0.05) is 17.7 Å². The molecule has 2 unspecified atom stereocenters. The molecule has 2 nitrogen and oxygen atoms in total. The highest BCUT2D eigenvalue weighted by Crippen LogP contribution is 2.22. The molecule has 0 saturated carbocycles. The number of hydrogen-bond acceptors (Lipinski definition) is 2. The smallest absolute Gasteiger partial charge is 0.129 e. The Balaban J connectivity index is 2.99. The summed E-state index contributed by atoms with van der Waals surface area (Å²) < 4.78 is 18.2. The molecule has 3 heteroatoms. The maximum absolute atomic E-state index is 13.3. The van der Waals surface area contributed by atoms with E-state index in [0.29, 0.717) is 5.56 Å². The van der Waals surface area contributed by atoms with E-state index >= 15 is 0 Å². The lowest BCUT2D eigenvalue weighted by Crippen LogP contribution is -2.18. The van der Waals surface area contributed by atoms with E-state index in [1.54, 1.807) is 19.1 Å². The fraction of sp³-hybridized carbons (Fsp3) is 0.455. The van der Waals surface area contributed by atoms with E-state index in [4.69, 9.17) is 4.74 Å². The highest BCUT2D eigenvalue weighted by atomic mass is 19.1. The van der Waals surface area contributed by atoms with Crippen LogP contribution in [0.4, 0.5) is 4.39 Å². The standard InChI is InChI=1S/C11H15FO2/c1-7-4-5-10(12)9(6-7)11(13)8(2)14-3/h4-6,8,11,13H,1-3H3. The van der Waals surface area contributed by atoms with Crippen molar-refractivity contribution in [3.8, 4) is 0 Å². The Bertz CT molecular complexity index is 312. The summed E-state index contributed by atoms with van der Waals surface area (Å²) in [6.45, 7) is 3.56. The number of methoxy groups -OCH3 is 1. The zero-order valence-electron chi connectivity index (χ0n) is 8.62. The maximum atomic E-state index is 13.3. The molecule has 0 saturated heterocycles. The van der Waals surface area contributed by atoms with Gasteiger partial charge in [0, 0.05) is 12.7 Å². The second-order valence-electron chi connectivity index (χ2n) is 3.41. The van der Waals surface area contributed by atoms with E-state index in [1.165, 1.54) is 13.2 Å². The molecule has 0 radical (unpaired) electrons. The van der Waals surface area contributed by atoms with Gasteiger partial charge in [0.25, 0.3) is 0 Å². The van der Waals surface area contributed by atoms with Crippen LogP contribution in [0.1, 0.15) is 24.2 Å². The number of ether oxygens (including phenoxy) is 1. The molecule has 14 heavy (non-hydrogen) atoms. The second-order valence-corrected chi connectivity index (χ2v) is 3.41. The van der Waals surface area contributed by atoms with Crippen LogP contribution in [0.25, 0.3) is 0 Å². The highest BCUT2D eigenvalue weighted by Gasteiger charge is 2.19. The van der Waals surface area contributed by atoms with Crippen LogP contribution in [-0.2, 0) is 4.74 Å². The first-order valence-electron chi connectivity index (χ1n) is 4.53. The van der Waals surface area contributed by atoms with Crippen LogP contribution < -0.4 is 0 Å². The van der Waals surface area contributed by atoms with Crippen LogP contribution in [0.2, 0.25) is 0 Å². The quantitative estimate of drug-likeness (QED) is 0.806. The van der Waals surface area contributed by atoms with Crippen molar-refractivity contribution < 1.29 is 14.2 Å². The molecule has 78 valence electrons. The maximum Gasteiger partial charge on any atom is 0.129 e. The van der Waals surface area contributed by atoms with Crippen molar-refractivity contribution in [2.45, 2.75) is 26.1 Å². The largest absolute Gasteiger partial charge is 0.386 e. The van der Waals surface area contributed by atoms with Gasteiger partial charge in [-0.2, -0.15) is 0 Å². The molecule has 0 aliphatic rings. The van der Waals surface area contributed by atoms with Crippen LogP contribution in [0.3, 0.4) is 0 Å². The van der Waals surface area contributed by atoms with E-state index < -0.39 is 18.0 Å². The minimum Gasteiger partial charge on any atom is -0.386 e. The van der Waals surface area contributed by atoms with Crippen molar-refractivity contribution in [1.29, 1.82) is 0 Å². The van der Waals surface area contributed by atoms with E-state index in [-0.39, 0.29) is 0 Å². The predicted molar refractivity (Wildman–Crippen MR) is 52.6 cm³/mol. The number of aryl methyl sites for hydroxylation is 1. The molecule has 0 aliphatic carbocycles. The Labute approximate surface area is 83.3 Å². The molecule has 0 fully saturated rings. The summed E-state index contributed by atoms with van der Waals surface area (Å²) in [5.41, 5.74) is 1.21. The number of halogens is 1. The van der Waals surface area contributed by atoms with Crippen LogP contribution in [0.15, 0.2) is 18.2 Å². The predicted octanol–water partition coefficient (Wildman–Crippen LogP) is 2.20. The summed E-state index contributed by atoms with van der Waals surface area (Å²) in [4.78, 5) is 0. The number of rotatable bonds is 3. The first-order chi connectivity index (χ1) is 6.56. The van der Waals surface area contributed by atoms with Gasteiger partial charge in [0.1, 0.15) is 11.9 Å². The zero-order valence-corrected chi connectivity index (χ0v) is 8.62. The van der Waals surface area contributed by atoms with Gasteiger partial charge < -0.3 is 9.84 Å². The normalized spacial score (nSPS) is 15.2. The zero-order chi connectivity index (χ0) is 10.7. The van der Waals surface area contributed by atoms with Gasteiger partial charge in [-0.05, 0) is 19.9 Å². The first-order valence-corrected chi connectivity index (χ1v) is 4.53. The van der Waals surface area contributed by atoms with Crippen molar-refractivity contribution >= 4 is 0 Å². The Hall–Kier alpha value is -0.930. The molecule has 1 aromatic carbocycles. The van der Waals surface area contributed by atoms with Gasteiger partial charge in [0.05, 0.1) is 6.10 Å². The van der Waals surface area contributed by atoms with E-state index in [1.807, 2.05) is 6.92 Å². The minimum atomic E-state index is -0.917. The fourth-order valence-electron chi connectivity index (χ4n) is 1.27. The SMILES string of the molecule is COC(C)C(O)c1cc(C)ccc1F. The summed E-state index contributed by atoms with van der Waals surface area (Å²) in [7, 11) is 1.49. The van der Waals surface area contributed by atoms with Crippen molar-refractivity contribution in [1.82, 2.24) is 0 Å². The summed E-state index contributed by atoms with van der Waals surface area (Å²) in [5, 5.41) is 9.73. The summed E-state index contributed by atoms with van der Waals surface area (Å²) in [6, 6.07) is 4.66. The van der Waals surface area contributed by atoms with Crippen molar-refractivity contribution in [2.75, 3.05) is 7.11 Å². The van der Waals surface area contributed by atoms with Crippen molar-refractivity contribution in [3.05, 3.63) is 35.1 Å². The molecular formula is C11H15FO2. The Kier molecular flexibility index (Phi) is 3.61. The average Bonchev–Trinajstić information content (AvgIpc) is 2.19. The van der Waals surface area contributed by atoms with Gasteiger partial charge in [0.15, 0.2) is 0 Å². The van der Waals surface area contributed by atoms with Crippen LogP contribution in [0, 0.1) is 12.7 Å². The van der Waals surface area contributed by atoms with E-state index in [2.05, 4.69) is 0 Å². The molecule has 2 atom stereocenters. The Morgan fingerprint density at radius 3 is 2.64 bits per heavy atom. The molecular weight excluding hydrogens is 183 g/mol. The monoisotopic (exact) mass is 198 g/mol. The van der Waals surface area contributed by atoms with Crippen LogP contribution in [0.5, 0.6) is 0 Å². The molecule has 0 spiro atoms. The second kappa shape index (κ2) is 4.53. The van der Waals surface area contributed by atoms with Gasteiger partial charge in [-0.3, -0.25) is 0 Å². The van der Waals surface area contributed by atoms with Gasteiger partial charge in [0.2, 0.25) is 0 Å². The van der Waals surface area contributed by atoms with Crippen LogP contribution in [-0.4, -0.2) is 18.3 Å². The summed E-state index contributed by atoms with van der Waals surface area (Å²) >= 11 is 0. The highest BCUT2D eigenvalue weighted by molar-refractivity contribution is 5.26. The Morgan fingerprint density at radius 2 is 2.07 bits per heavy atom. The molecule has 0 bridgehead atoms. The topological polar surface area (TPSA) is 29.5 Å². The third-order valence-corrected chi connectivity index (χ3v) is 2.29. The van der Waals surface area contributed by atoms with Gasteiger partial charge >= 0.3 is 0 Å². The molecule has 0 amide bonds. The summed E-state index contributed by atoms with van der Waals surface area (Å²) in [6.07, 6.45) is -1.33. The summed E-state index contributed by atoms with van der Waals surface area (Å²) in [5.74, 6) is -0.396. The van der Waals surface area contributed by atoms with E-state index in [9.17, 15) is 9.50 Å². The van der Waals surface area contributed by atoms with Gasteiger partial charge in [-0.25, -0.2) is 4.39 Å². The average molecular weight is 198 g/mol. The number of aliphatic hydroxyl groups excluding tert-OH is 1. The molecule has 0 aromatic heterocycles. The lowest BCUT2D eigenvalue weighted by Gasteiger charge is -2.18. The third-order valence-electron chi connectivity index (χ3n) is 2.29. The minimum absolute atomic E-state index is 0.291. The first kappa shape index (κ1) is 11.1. The van der Waals surface area contributed by atoms with Crippen molar-refractivity contribution in [3.63, 3.8) is 0 Å². The molecule has 1 aromatic rings.